The number of anilines is 2. The van der Waals surface area contributed by atoms with Gasteiger partial charge in [-0.2, -0.15) is 4.98 Å². The average Bonchev–Trinajstić information content (AvgIpc) is 3.32. The van der Waals surface area contributed by atoms with Crippen LogP contribution in [0.25, 0.3) is 17.1 Å². The van der Waals surface area contributed by atoms with E-state index in [1.807, 2.05) is 37.0 Å². The van der Waals surface area contributed by atoms with Gasteiger partial charge in [0.2, 0.25) is 5.95 Å². The molecule has 1 saturated carbocycles. The van der Waals surface area contributed by atoms with Crippen LogP contribution in [0, 0.1) is 13.8 Å². The lowest BCUT2D eigenvalue weighted by molar-refractivity contribution is 0.0958. The fourth-order valence-corrected chi connectivity index (χ4v) is 4.78. The number of rotatable bonds is 6. The summed E-state index contributed by atoms with van der Waals surface area (Å²) in [4.78, 5) is 21.6. The van der Waals surface area contributed by atoms with E-state index in [4.69, 9.17) is 10.1 Å². The van der Waals surface area contributed by atoms with Crippen molar-refractivity contribution in [1.29, 1.82) is 0 Å². The molecular formula is C27H29N7O. The van der Waals surface area contributed by atoms with Crippen LogP contribution < -0.4 is 10.6 Å². The molecule has 178 valence electrons. The van der Waals surface area contributed by atoms with Crippen molar-refractivity contribution in [2.24, 2.45) is 0 Å². The quantitative estimate of drug-likeness (QED) is 0.407. The first-order chi connectivity index (χ1) is 16.9. The van der Waals surface area contributed by atoms with Crippen LogP contribution in [0.3, 0.4) is 0 Å². The van der Waals surface area contributed by atoms with Crippen molar-refractivity contribution in [2.75, 3.05) is 5.32 Å². The monoisotopic (exact) mass is 467 g/mol. The Balaban J connectivity index is 1.30. The second-order valence-corrected chi connectivity index (χ2v) is 9.63. The van der Waals surface area contributed by atoms with E-state index in [9.17, 15) is 4.79 Å². The summed E-state index contributed by atoms with van der Waals surface area (Å²) in [6.45, 7) is 8.83. The van der Waals surface area contributed by atoms with Crippen LogP contribution in [0.1, 0.15) is 71.4 Å². The molecule has 1 aliphatic heterocycles. The number of imidazole rings is 1. The summed E-state index contributed by atoms with van der Waals surface area (Å²) in [6, 6.07) is 10.3. The highest BCUT2D eigenvalue weighted by Crippen LogP contribution is 2.39. The molecule has 2 aliphatic rings. The van der Waals surface area contributed by atoms with Crippen molar-refractivity contribution in [3.63, 3.8) is 0 Å². The van der Waals surface area contributed by atoms with Crippen LogP contribution in [0.5, 0.6) is 0 Å². The lowest BCUT2D eigenvalue weighted by atomic mass is 10.0. The highest BCUT2D eigenvalue weighted by molar-refractivity contribution is 6.00. The minimum Gasteiger partial charge on any atom is -0.345 e. The standard InChI is InChI=1S/C27H29N7O/c1-5-34-27(30-23-12-21-17(4)29-26(35)22(21)11-16(23)3)31-25(32-34)20-9-8-19(10-15(20)2)33-13-24(28-14-33)18-6-7-18/h8-14,17-18H,5-7H2,1-4H3,(H,29,35)(H,30,31,32)/t17-/m0/s1. The molecule has 6 rings (SSSR count). The molecule has 35 heavy (non-hydrogen) atoms. The Morgan fingerprint density at radius 2 is 1.94 bits per heavy atom. The van der Waals surface area contributed by atoms with Gasteiger partial charge in [0.25, 0.3) is 5.91 Å². The molecular weight excluding hydrogens is 438 g/mol. The number of carbonyl (C=O) groups is 1. The van der Waals surface area contributed by atoms with Crippen LogP contribution in [0.4, 0.5) is 11.6 Å². The molecule has 8 heteroatoms. The van der Waals surface area contributed by atoms with Gasteiger partial charge >= 0.3 is 0 Å². The molecule has 1 amide bonds. The minimum atomic E-state index is -0.0143. The zero-order valence-corrected chi connectivity index (χ0v) is 20.5. The average molecular weight is 468 g/mol. The Kier molecular flexibility index (Phi) is 4.98. The van der Waals surface area contributed by atoms with Gasteiger partial charge in [-0.15, -0.1) is 5.10 Å². The van der Waals surface area contributed by atoms with E-state index in [1.54, 1.807) is 0 Å². The number of nitrogens with one attached hydrogen (secondary N) is 2. The zero-order valence-electron chi connectivity index (χ0n) is 20.5. The smallest absolute Gasteiger partial charge is 0.252 e. The van der Waals surface area contributed by atoms with Crippen LogP contribution in [-0.4, -0.2) is 30.2 Å². The predicted molar refractivity (Wildman–Crippen MR) is 135 cm³/mol. The molecule has 2 aromatic heterocycles. The van der Waals surface area contributed by atoms with Gasteiger partial charge in [-0.1, -0.05) is 0 Å². The number of fused-ring (bicyclic) bond motifs is 1. The minimum absolute atomic E-state index is 0.00438. The first-order valence-corrected chi connectivity index (χ1v) is 12.2. The molecule has 3 heterocycles. The summed E-state index contributed by atoms with van der Waals surface area (Å²) in [5.41, 5.74) is 8.05. The SMILES string of the molecule is CCn1nc(-c2ccc(-n3cnc(C4CC4)c3)cc2C)nc1Nc1cc2c(cc1C)C(=O)N[C@H]2C. The van der Waals surface area contributed by atoms with E-state index in [0.29, 0.717) is 24.2 Å². The zero-order chi connectivity index (χ0) is 24.3. The number of amides is 1. The van der Waals surface area contributed by atoms with Gasteiger partial charge in [0.15, 0.2) is 5.82 Å². The molecule has 2 aromatic carbocycles. The first-order valence-electron chi connectivity index (χ1n) is 12.2. The normalized spacial score (nSPS) is 16.9. The van der Waals surface area contributed by atoms with Gasteiger partial charge in [-0.3, -0.25) is 4.79 Å². The molecule has 2 N–H and O–H groups in total. The largest absolute Gasteiger partial charge is 0.345 e. The summed E-state index contributed by atoms with van der Waals surface area (Å²) in [5.74, 6) is 1.99. The number of hydrogen-bond acceptors (Lipinski definition) is 5. The van der Waals surface area contributed by atoms with Crippen molar-refractivity contribution < 1.29 is 4.79 Å². The van der Waals surface area contributed by atoms with Gasteiger partial charge in [-0.25, -0.2) is 9.67 Å². The third-order valence-electron chi connectivity index (χ3n) is 7.02. The first kappa shape index (κ1) is 21.6. The predicted octanol–water partition coefficient (Wildman–Crippen LogP) is 5.19. The summed E-state index contributed by atoms with van der Waals surface area (Å²) in [5, 5.41) is 11.2. The molecule has 4 aromatic rings. The maximum absolute atomic E-state index is 12.2. The molecule has 0 unspecified atom stereocenters. The number of hydrogen-bond donors (Lipinski definition) is 2. The summed E-state index contributed by atoms with van der Waals surface area (Å²) >= 11 is 0. The van der Waals surface area contributed by atoms with Crippen LogP contribution in [0.15, 0.2) is 42.9 Å². The molecule has 0 spiro atoms. The fraction of sp³-hybridized carbons (Fsp3) is 0.333. The van der Waals surface area contributed by atoms with E-state index >= 15 is 0 Å². The van der Waals surface area contributed by atoms with Crippen molar-refractivity contribution in [2.45, 2.75) is 59.0 Å². The van der Waals surface area contributed by atoms with E-state index in [0.717, 1.165) is 39.2 Å². The number of aryl methyl sites for hydroxylation is 3. The van der Waals surface area contributed by atoms with Gasteiger partial charge in [0, 0.05) is 41.2 Å². The lowest BCUT2D eigenvalue weighted by Gasteiger charge is -2.12. The third-order valence-corrected chi connectivity index (χ3v) is 7.02. The molecule has 0 radical (unpaired) electrons. The molecule has 0 bridgehead atoms. The summed E-state index contributed by atoms with van der Waals surface area (Å²) < 4.78 is 3.96. The Bertz CT molecular complexity index is 1460. The molecule has 1 aliphatic carbocycles. The van der Waals surface area contributed by atoms with Crippen LogP contribution in [-0.2, 0) is 6.54 Å². The van der Waals surface area contributed by atoms with E-state index in [1.165, 1.54) is 18.5 Å². The van der Waals surface area contributed by atoms with Gasteiger partial charge in [0.05, 0.1) is 18.1 Å². The van der Waals surface area contributed by atoms with E-state index in [2.05, 4.69) is 58.4 Å². The number of aromatic nitrogens is 5. The number of nitrogens with zero attached hydrogens (tertiary/aromatic N) is 5. The fourth-order valence-electron chi connectivity index (χ4n) is 4.78. The third kappa shape index (κ3) is 3.79. The van der Waals surface area contributed by atoms with Crippen molar-refractivity contribution in [1.82, 2.24) is 29.6 Å². The highest BCUT2D eigenvalue weighted by Gasteiger charge is 2.27. The maximum atomic E-state index is 12.2. The van der Waals surface area contributed by atoms with Crippen LogP contribution in [0.2, 0.25) is 0 Å². The Labute approximate surface area is 204 Å². The Morgan fingerprint density at radius 1 is 1.11 bits per heavy atom. The Hall–Kier alpha value is -3.94. The van der Waals surface area contributed by atoms with Crippen molar-refractivity contribution in [3.8, 4) is 17.1 Å². The molecule has 8 nitrogen and oxygen atoms in total. The number of carbonyl (C=O) groups excluding carboxylic acids is 1. The Morgan fingerprint density at radius 3 is 2.69 bits per heavy atom. The van der Waals surface area contributed by atoms with Gasteiger partial charge < -0.3 is 15.2 Å². The topological polar surface area (TPSA) is 89.7 Å². The van der Waals surface area contributed by atoms with Gasteiger partial charge in [0.1, 0.15) is 0 Å². The van der Waals surface area contributed by atoms with E-state index < -0.39 is 0 Å². The molecule has 1 fully saturated rings. The van der Waals surface area contributed by atoms with Crippen molar-refractivity contribution >= 4 is 17.5 Å². The van der Waals surface area contributed by atoms with Crippen molar-refractivity contribution in [3.05, 3.63) is 70.8 Å². The summed E-state index contributed by atoms with van der Waals surface area (Å²) in [7, 11) is 0. The lowest BCUT2D eigenvalue weighted by Crippen LogP contribution is -2.16. The number of benzene rings is 2. The van der Waals surface area contributed by atoms with Gasteiger partial charge in [-0.05, 0) is 87.6 Å². The maximum Gasteiger partial charge on any atom is 0.252 e. The summed E-state index contributed by atoms with van der Waals surface area (Å²) in [6.07, 6.45) is 6.53. The molecule has 0 saturated heterocycles. The highest BCUT2D eigenvalue weighted by atomic mass is 16.2. The molecule has 1 atom stereocenters. The van der Waals surface area contributed by atoms with E-state index in [-0.39, 0.29) is 11.9 Å². The van der Waals surface area contributed by atoms with Crippen LogP contribution >= 0.6 is 0 Å². The second-order valence-electron chi connectivity index (χ2n) is 9.63. The second kappa shape index (κ2) is 8.08.